The lowest BCUT2D eigenvalue weighted by atomic mass is 10.2. The molecule has 0 aliphatic heterocycles. The molecule has 0 radical (unpaired) electrons. The number of carbonyl (C=O) groups is 1. The minimum absolute atomic E-state index is 0.204. The van der Waals surface area contributed by atoms with Crippen LogP contribution in [0.5, 0.6) is 5.75 Å². The molecule has 0 spiro atoms. The Morgan fingerprint density at radius 3 is 2.83 bits per heavy atom. The van der Waals surface area contributed by atoms with Crippen molar-refractivity contribution in [2.75, 3.05) is 5.32 Å². The van der Waals surface area contributed by atoms with Crippen LogP contribution in [-0.2, 0) is 11.4 Å². The molecule has 7 heteroatoms. The minimum Gasteiger partial charge on any atom is -0.487 e. The Hall–Kier alpha value is -3.71. The molecule has 0 saturated heterocycles. The number of hydrogen-bond donors (Lipinski definition) is 2. The smallest absolute Gasteiger partial charge is 0.248 e. The number of rotatable bonds is 7. The van der Waals surface area contributed by atoms with Crippen LogP contribution in [0.15, 0.2) is 72.4 Å². The first-order chi connectivity index (χ1) is 14.7. The number of anilines is 1. The zero-order chi connectivity index (χ0) is 20.8. The number of ether oxygens (including phenoxy) is 1. The first-order valence-electron chi connectivity index (χ1n) is 9.38. The van der Waals surface area contributed by atoms with Crippen molar-refractivity contribution >= 4 is 29.0 Å². The van der Waals surface area contributed by atoms with Crippen LogP contribution in [0, 0.1) is 6.92 Å². The Labute approximate surface area is 178 Å². The third-order valence-corrected chi connectivity index (χ3v) is 5.08. The van der Waals surface area contributed by atoms with Gasteiger partial charge in [-0.3, -0.25) is 4.79 Å². The second-order valence-electron chi connectivity index (χ2n) is 6.56. The summed E-state index contributed by atoms with van der Waals surface area (Å²) in [6.45, 7) is 2.39. The van der Waals surface area contributed by atoms with Gasteiger partial charge in [0, 0.05) is 35.1 Å². The van der Waals surface area contributed by atoms with Crippen molar-refractivity contribution in [3.05, 3.63) is 88.6 Å². The maximum absolute atomic E-state index is 12.2. The Bertz CT molecular complexity index is 1150. The third kappa shape index (κ3) is 5.21. The van der Waals surface area contributed by atoms with Gasteiger partial charge in [0.2, 0.25) is 5.91 Å². The van der Waals surface area contributed by atoms with E-state index in [1.165, 1.54) is 6.08 Å². The molecule has 6 nitrogen and oxygen atoms in total. The lowest BCUT2D eigenvalue weighted by molar-refractivity contribution is -0.111. The van der Waals surface area contributed by atoms with E-state index < -0.39 is 0 Å². The van der Waals surface area contributed by atoms with E-state index in [2.05, 4.69) is 20.3 Å². The van der Waals surface area contributed by atoms with Gasteiger partial charge >= 0.3 is 0 Å². The number of thiazole rings is 1. The molecule has 0 saturated carbocycles. The largest absolute Gasteiger partial charge is 0.487 e. The number of carbonyl (C=O) groups excluding carboxylic acids is 1. The van der Waals surface area contributed by atoms with Gasteiger partial charge in [-0.2, -0.15) is 0 Å². The van der Waals surface area contributed by atoms with Gasteiger partial charge < -0.3 is 15.0 Å². The number of benzene rings is 2. The molecule has 30 heavy (non-hydrogen) atoms. The van der Waals surface area contributed by atoms with E-state index in [0.29, 0.717) is 6.61 Å². The van der Waals surface area contributed by atoms with Crippen LogP contribution in [0.4, 0.5) is 5.69 Å². The van der Waals surface area contributed by atoms with Crippen molar-refractivity contribution in [1.82, 2.24) is 15.0 Å². The van der Waals surface area contributed by atoms with Crippen molar-refractivity contribution in [3.63, 3.8) is 0 Å². The van der Waals surface area contributed by atoms with Crippen molar-refractivity contribution < 1.29 is 9.53 Å². The van der Waals surface area contributed by atoms with Crippen LogP contribution in [0.2, 0.25) is 0 Å². The molecule has 1 amide bonds. The third-order valence-electron chi connectivity index (χ3n) is 4.26. The predicted molar refractivity (Wildman–Crippen MR) is 119 cm³/mol. The topological polar surface area (TPSA) is 79.9 Å². The fourth-order valence-corrected chi connectivity index (χ4v) is 3.43. The molecule has 2 aromatic carbocycles. The van der Waals surface area contributed by atoms with Crippen LogP contribution >= 0.6 is 11.3 Å². The van der Waals surface area contributed by atoms with Crippen LogP contribution in [0.1, 0.15) is 16.3 Å². The zero-order valence-electron chi connectivity index (χ0n) is 16.3. The molecule has 0 atom stereocenters. The number of aromatic nitrogens is 3. The maximum Gasteiger partial charge on any atom is 0.248 e. The lowest BCUT2D eigenvalue weighted by Crippen LogP contribution is -2.07. The van der Waals surface area contributed by atoms with Gasteiger partial charge in [0.15, 0.2) is 0 Å². The SMILES string of the molecule is Cc1nc(COc2cccc(C=CC(=O)Nc3ccc(-c4ncc[nH]4)cc3)c2)cs1. The Kier molecular flexibility index (Phi) is 6.01. The minimum atomic E-state index is -0.204. The summed E-state index contributed by atoms with van der Waals surface area (Å²) in [6, 6.07) is 15.1. The van der Waals surface area contributed by atoms with Gasteiger partial charge in [-0.25, -0.2) is 9.97 Å². The quantitative estimate of drug-likeness (QED) is 0.412. The first kappa shape index (κ1) is 19.6. The molecule has 0 aliphatic carbocycles. The summed E-state index contributed by atoms with van der Waals surface area (Å²) in [5, 5.41) is 5.86. The lowest BCUT2D eigenvalue weighted by Gasteiger charge is -2.05. The number of hydrogen-bond acceptors (Lipinski definition) is 5. The number of aromatic amines is 1. The van der Waals surface area contributed by atoms with E-state index in [9.17, 15) is 4.79 Å². The van der Waals surface area contributed by atoms with E-state index in [4.69, 9.17) is 4.74 Å². The summed E-state index contributed by atoms with van der Waals surface area (Å²) in [7, 11) is 0. The summed E-state index contributed by atoms with van der Waals surface area (Å²) >= 11 is 1.60. The monoisotopic (exact) mass is 416 g/mol. The Balaban J connectivity index is 1.33. The van der Waals surface area contributed by atoms with Gasteiger partial charge in [-0.05, 0) is 55.0 Å². The highest BCUT2D eigenvalue weighted by Gasteiger charge is 2.03. The maximum atomic E-state index is 12.2. The normalized spacial score (nSPS) is 11.0. The van der Waals surface area contributed by atoms with Crippen LogP contribution in [0.25, 0.3) is 17.5 Å². The highest BCUT2D eigenvalue weighted by molar-refractivity contribution is 7.09. The number of H-pyrrole nitrogens is 1. The van der Waals surface area contributed by atoms with E-state index in [1.807, 2.05) is 60.8 Å². The standard InChI is InChI=1S/C23H20N4O2S/c1-16-26-20(15-30-16)14-29-21-4-2-3-17(13-21)5-10-22(28)27-19-8-6-18(7-9-19)23-24-11-12-25-23/h2-13,15H,14H2,1H3,(H,24,25)(H,27,28). The van der Waals surface area contributed by atoms with E-state index in [0.717, 1.165) is 39.1 Å². The van der Waals surface area contributed by atoms with E-state index >= 15 is 0 Å². The van der Waals surface area contributed by atoms with Gasteiger partial charge in [0.25, 0.3) is 0 Å². The average molecular weight is 417 g/mol. The highest BCUT2D eigenvalue weighted by Crippen LogP contribution is 2.19. The Morgan fingerprint density at radius 1 is 1.23 bits per heavy atom. The summed E-state index contributed by atoms with van der Waals surface area (Å²) in [6.07, 6.45) is 6.74. The van der Waals surface area contributed by atoms with Crippen LogP contribution in [-0.4, -0.2) is 20.9 Å². The van der Waals surface area contributed by atoms with Crippen molar-refractivity contribution in [2.45, 2.75) is 13.5 Å². The molecule has 2 aromatic heterocycles. The first-order valence-corrected chi connectivity index (χ1v) is 10.3. The molecular formula is C23H20N4O2S. The van der Waals surface area contributed by atoms with Crippen molar-refractivity contribution in [2.24, 2.45) is 0 Å². The molecule has 4 aromatic rings. The molecule has 0 bridgehead atoms. The molecule has 150 valence electrons. The van der Waals surface area contributed by atoms with Crippen LogP contribution in [0.3, 0.4) is 0 Å². The molecular weight excluding hydrogens is 396 g/mol. The second-order valence-corrected chi connectivity index (χ2v) is 7.62. The fraction of sp³-hybridized carbons (Fsp3) is 0.0870. The number of nitrogens with zero attached hydrogens (tertiary/aromatic N) is 2. The zero-order valence-corrected chi connectivity index (χ0v) is 17.1. The highest BCUT2D eigenvalue weighted by atomic mass is 32.1. The number of amides is 1. The van der Waals surface area contributed by atoms with Gasteiger partial charge in [-0.1, -0.05) is 12.1 Å². The van der Waals surface area contributed by atoms with Crippen LogP contribution < -0.4 is 10.1 Å². The van der Waals surface area contributed by atoms with Gasteiger partial charge in [-0.15, -0.1) is 11.3 Å². The summed E-state index contributed by atoms with van der Waals surface area (Å²) < 4.78 is 5.79. The Morgan fingerprint density at radius 2 is 2.10 bits per heavy atom. The predicted octanol–water partition coefficient (Wildman–Crippen LogP) is 5.07. The summed E-state index contributed by atoms with van der Waals surface area (Å²) in [4.78, 5) is 23.9. The molecule has 0 unspecified atom stereocenters. The number of aryl methyl sites for hydroxylation is 1. The van der Waals surface area contributed by atoms with Gasteiger partial charge in [0.05, 0.1) is 10.7 Å². The second kappa shape index (κ2) is 9.19. The summed E-state index contributed by atoms with van der Waals surface area (Å²) in [5.74, 6) is 1.32. The molecule has 4 rings (SSSR count). The average Bonchev–Trinajstić information content (AvgIpc) is 3.44. The number of imidazole rings is 1. The summed E-state index contributed by atoms with van der Waals surface area (Å²) in [5.41, 5.74) is 3.47. The van der Waals surface area contributed by atoms with Gasteiger partial charge in [0.1, 0.15) is 18.2 Å². The number of nitrogens with one attached hydrogen (secondary N) is 2. The fourth-order valence-electron chi connectivity index (χ4n) is 2.83. The molecule has 0 fully saturated rings. The van der Waals surface area contributed by atoms with E-state index in [-0.39, 0.29) is 5.91 Å². The molecule has 2 N–H and O–H groups in total. The van der Waals surface area contributed by atoms with Crippen molar-refractivity contribution in [1.29, 1.82) is 0 Å². The molecule has 2 heterocycles. The van der Waals surface area contributed by atoms with Crippen molar-refractivity contribution in [3.8, 4) is 17.1 Å². The van der Waals surface area contributed by atoms with E-state index in [1.54, 1.807) is 29.8 Å². The molecule has 0 aliphatic rings.